The predicted octanol–water partition coefficient (Wildman–Crippen LogP) is 3.30. The first-order valence-electron chi connectivity index (χ1n) is 5.21. The molecule has 1 N–H and O–H groups in total. The molecule has 0 aliphatic rings. The molecule has 0 radical (unpaired) electrons. The molecule has 0 atom stereocenters. The van der Waals surface area contributed by atoms with Gasteiger partial charge in [0.25, 0.3) is 0 Å². The predicted molar refractivity (Wildman–Crippen MR) is 60.0 cm³/mol. The molecule has 6 heteroatoms. The van der Waals surface area contributed by atoms with E-state index in [-0.39, 0.29) is 5.56 Å². The molecule has 0 heterocycles. The summed E-state index contributed by atoms with van der Waals surface area (Å²) < 4.78 is 43.0. The minimum absolute atomic E-state index is 0.0112. The Morgan fingerprint density at radius 2 is 1.67 bits per heavy atom. The number of ether oxygens (including phenoxy) is 1. The van der Waals surface area contributed by atoms with Gasteiger partial charge in [0.05, 0.1) is 18.2 Å². The van der Waals surface area contributed by atoms with Crippen LogP contribution in [0.1, 0.15) is 25.0 Å². The standard InChI is InChI=1S/C12H14F3NO2/c1-11(2,16-10(17)18-3)8-6-4-5-7-9(8)12(13,14)15/h4-7H,1-3H3,(H,16,17). The van der Waals surface area contributed by atoms with Gasteiger partial charge in [-0.25, -0.2) is 4.79 Å². The third-order valence-corrected chi connectivity index (χ3v) is 2.51. The lowest BCUT2D eigenvalue weighted by atomic mass is 9.90. The molecule has 0 saturated carbocycles. The van der Waals surface area contributed by atoms with Gasteiger partial charge >= 0.3 is 12.3 Å². The van der Waals surface area contributed by atoms with Gasteiger partial charge in [-0.05, 0) is 25.5 Å². The van der Waals surface area contributed by atoms with Crippen LogP contribution in [0.15, 0.2) is 24.3 Å². The molecule has 0 spiro atoms. The van der Waals surface area contributed by atoms with Gasteiger partial charge in [0.1, 0.15) is 0 Å². The van der Waals surface area contributed by atoms with Crippen molar-refractivity contribution < 1.29 is 22.7 Å². The monoisotopic (exact) mass is 261 g/mol. The van der Waals surface area contributed by atoms with E-state index in [0.29, 0.717) is 0 Å². The van der Waals surface area contributed by atoms with Crippen LogP contribution in [-0.2, 0) is 16.5 Å². The Hall–Kier alpha value is -1.72. The van der Waals surface area contributed by atoms with Crippen LogP contribution < -0.4 is 5.32 Å². The molecule has 3 nitrogen and oxygen atoms in total. The number of alkyl halides is 3. The van der Waals surface area contributed by atoms with Gasteiger partial charge in [0.15, 0.2) is 0 Å². The normalized spacial score (nSPS) is 12.1. The summed E-state index contributed by atoms with van der Waals surface area (Å²) in [6.07, 6.45) is -5.25. The van der Waals surface area contributed by atoms with E-state index >= 15 is 0 Å². The third-order valence-electron chi connectivity index (χ3n) is 2.51. The van der Waals surface area contributed by atoms with E-state index in [4.69, 9.17) is 0 Å². The van der Waals surface area contributed by atoms with Crippen LogP contribution in [0, 0.1) is 0 Å². The molecular formula is C12H14F3NO2. The first kappa shape index (κ1) is 14.3. The Kier molecular flexibility index (Phi) is 3.88. The second kappa shape index (κ2) is 4.88. The molecule has 0 aliphatic heterocycles. The SMILES string of the molecule is COC(=O)NC(C)(C)c1ccccc1C(F)(F)F. The van der Waals surface area contributed by atoms with Crippen molar-refractivity contribution in [1.29, 1.82) is 0 Å². The van der Waals surface area contributed by atoms with Crippen molar-refractivity contribution in [2.45, 2.75) is 25.6 Å². The zero-order chi connectivity index (χ0) is 14.0. The number of methoxy groups -OCH3 is 1. The Morgan fingerprint density at radius 3 is 2.11 bits per heavy atom. The van der Waals surface area contributed by atoms with Crippen molar-refractivity contribution in [3.63, 3.8) is 0 Å². The van der Waals surface area contributed by atoms with Gasteiger partial charge in [0.2, 0.25) is 0 Å². The lowest BCUT2D eigenvalue weighted by Gasteiger charge is -2.29. The number of hydrogen-bond acceptors (Lipinski definition) is 2. The fourth-order valence-corrected chi connectivity index (χ4v) is 1.65. The summed E-state index contributed by atoms with van der Waals surface area (Å²) in [4.78, 5) is 11.1. The molecular weight excluding hydrogens is 247 g/mol. The minimum Gasteiger partial charge on any atom is -0.453 e. The maximum Gasteiger partial charge on any atom is 0.416 e. The maximum atomic E-state index is 12.9. The Balaban J connectivity index is 3.20. The summed E-state index contributed by atoms with van der Waals surface area (Å²) in [5.41, 5.74) is -1.96. The third kappa shape index (κ3) is 3.15. The molecule has 1 aromatic carbocycles. The first-order valence-corrected chi connectivity index (χ1v) is 5.21. The number of carbonyl (C=O) groups excluding carboxylic acids is 1. The zero-order valence-electron chi connectivity index (χ0n) is 10.3. The molecule has 1 aromatic rings. The van der Waals surface area contributed by atoms with Gasteiger partial charge in [-0.1, -0.05) is 18.2 Å². The van der Waals surface area contributed by atoms with Crippen molar-refractivity contribution in [3.05, 3.63) is 35.4 Å². The fourth-order valence-electron chi connectivity index (χ4n) is 1.65. The summed E-state index contributed by atoms with van der Waals surface area (Å²) in [7, 11) is 1.15. The van der Waals surface area contributed by atoms with Crippen LogP contribution in [0.2, 0.25) is 0 Å². The molecule has 1 amide bonds. The van der Waals surface area contributed by atoms with Gasteiger partial charge < -0.3 is 10.1 Å². The Morgan fingerprint density at radius 1 is 1.17 bits per heavy atom. The lowest BCUT2D eigenvalue weighted by molar-refractivity contribution is -0.138. The molecule has 0 saturated heterocycles. The molecule has 18 heavy (non-hydrogen) atoms. The van der Waals surface area contributed by atoms with E-state index in [9.17, 15) is 18.0 Å². The number of rotatable bonds is 2. The van der Waals surface area contributed by atoms with E-state index in [2.05, 4.69) is 10.1 Å². The van der Waals surface area contributed by atoms with Crippen molar-refractivity contribution in [2.75, 3.05) is 7.11 Å². The van der Waals surface area contributed by atoms with Crippen molar-refractivity contribution in [2.24, 2.45) is 0 Å². The van der Waals surface area contributed by atoms with Crippen molar-refractivity contribution in [3.8, 4) is 0 Å². The smallest absolute Gasteiger partial charge is 0.416 e. The average Bonchev–Trinajstić information content (AvgIpc) is 2.27. The number of nitrogens with one attached hydrogen (secondary N) is 1. The van der Waals surface area contributed by atoms with Crippen molar-refractivity contribution in [1.82, 2.24) is 5.32 Å². The number of carbonyl (C=O) groups is 1. The quantitative estimate of drug-likeness (QED) is 0.887. The molecule has 0 aromatic heterocycles. The van der Waals surface area contributed by atoms with Crippen LogP contribution in [0.25, 0.3) is 0 Å². The first-order chi connectivity index (χ1) is 8.18. The second-order valence-electron chi connectivity index (χ2n) is 4.28. The number of halogens is 3. The fraction of sp³-hybridized carbons (Fsp3) is 0.417. The van der Waals surface area contributed by atoms with Crippen LogP contribution in [0.5, 0.6) is 0 Å². The molecule has 0 unspecified atom stereocenters. The van der Waals surface area contributed by atoms with Crippen LogP contribution in [-0.4, -0.2) is 13.2 Å². The maximum absolute atomic E-state index is 12.9. The average molecular weight is 261 g/mol. The number of benzene rings is 1. The molecule has 0 fully saturated rings. The summed E-state index contributed by atoms with van der Waals surface area (Å²) in [5.74, 6) is 0. The van der Waals surface area contributed by atoms with Crippen molar-refractivity contribution >= 4 is 6.09 Å². The number of amides is 1. The molecule has 0 bridgehead atoms. The van der Waals surface area contributed by atoms with E-state index in [0.717, 1.165) is 13.2 Å². The second-order valence-corrected chi connectivity index (χ2v) is 4.28. The van der Waals surface area contributed by atoms with E-state index < -0.39 is 23.4 Å². The highest BCUT2D eigenvalue weighted by atomic mass is 19.4. The summed E-state index contributed by atoms with van der Waals surface area (Å²) >= 11 is 0. The van der Waals surface area contributed by atoms with Gasteiger partial charge in [0, 0.05) is 0 Å². The number of alkyl carbamates (subject to hydrolysis) is 1. The van der Waals surface area contributed by atoms with Gasteiger partial charge in [-0.3, -0.25) is 0 Å². The summed E-state index contributed by atoms with van der Waals surface area (Å²) in [6.45, 7) is 2.96. The largest absolute Gasteiger partial charge is 0.453 e. The van der Waals surface area contributed by atoms with Crippen LogP contribution >= 0.6 is 0 Å². The Labute approximate surface area is 103 Å². The van der Waals surface area contributed by atoms with E-state index in [1.807, 2.05) is 0 Å². The van der Waals surface area contributed by atoms with Crippen LogP contribution in [0.3, 0.4) is 0 Å². The van der Waals surface area contributed by atoms with E-state index in [1.165, 1.54) is 32.0 Å². The molecule has 0 aliphatic carbocycles. The van der Waals surface area contributed by atoms with E-state index in [1.54, 1.807) is 0 Å². The highest BCUT2D eigenvalue weighted by molar-refractivity contribution is 5.68. The molecule has 100 valence electrons. The van der Waals surface area contributed by atoms with Gasteiger partial charge in [-0.15, -0.1) is 0 Å². The topological polar surface area (TPSA) is 38.3 Å². The summed E-state index contributed by atoms with van der Waals surface area (Å²) in [5, 5.41) is 2.37. The Bertz CT molecular complexity index is 441. The molecule has 1 rings (SSSR count). The minimum atomic E-state index is -4.47. The summed E-state index contributed by atoms with van der Waals surface area (Å²) in [6, 6.07) is 5.11. The zero-order valence-corrected chi connectivity index (χ0v) is 10.3. The van der Waals surface area contributed by atoms with Gasteiger partial charge in [-0.2, -0.15) is 13.2 Å². The van der Waals surface area contributed by atoms with Crippen LogP contribution in [0.4, 0.5) is 18.0 Å². The number of hydrogen-bond donors (Lipinski definition) is 1. The highest BCUT2D eigenvalue weighted by Gasteiger charge is 2.38. The lowest BCUT2D eigenvalue weighted by Crippen LogP contribution is -2.42. The highest BCUT2D eigenvalue weighted by Crippen LogP contribution is 2.36.